The maximum atomic E-state index is 12.7. The summed E-state index contributed by atoms with van der Waals surface area (Å²) >= 11 is 0. The topological polar surface area (TPSA) is 87.7 Å². The first-order chi connectivity index (χ1) is 14.4. The first-order valence-electron chi connectivity index (χ1n) is 10.2. The van der Waals surface area contributed by atoms with Crippen molar-refractivity contribution in [3.63, 3.8) is 0 Å². The van der Waals surface area contributed by atoms with Gasteiger partial charge in [0.05, 0.1) is 18.0 Å². The number of piperidine rings is 1. The molecule has 2 N–H and O–H groups in total. The standard InChI is InChI=1S/C22H29N3O4S/c1-17(23-16-18-6-10-20(29-2)11-7-18)22(26)24-19-8-12-21(13-9-19)30(27,28)25-14-4-3-5-15-25/h6-13,17,23H,3-5,14-16H2,1-2H3,(H,24,26)/t17-/m0/s1. The number of amides is 1. The summed E-state index contributed by atoms with van der Waals surface area (Å²) in [6.45, 7) is 3.47. The Balaban J connectivity index is 1.54. The van der Waals surface area contributed by atoms with Crippen LogP contribution in [-0.2, 0) is 21.4 Å². The van der Waals surface area contributed by atoms with Crippen molar-refractivity contribution in [3.05, 3.63) is 54.1 Å². The maximum Gasteiger partial charge on any atom is 0.243 e. The second-order valence-electron chi connectivity index (χ2n) is 7.43. The lowest BCUT2D eigenvalue weighted by Gasteiger charge is -2.25. The van der Waals surface area contributed by atoms with Crippen LogP contribution in [0.25, 0.3) is 0 Å². The molecule has 2 aromatic carbocycles. The quantitative estimate of drug-likeness (QED) is 0.671. The molecule has 0 saturated carbocycles. The molecule has 0 unspecified atom stereocenters. The largest absolute Gasteiger partial charge is 0.497 e. The van der Waals surface area contributed by atoms with Crippen molar-refractivity contribution in [1.29, 1.82) is 0 Å². The summed E-state index contributed by atoms with van der Waals surface area (Å²) in [4.78, 5) is 12.7. The average Bonchev–Trinajstić information content (AvgIpc) is 2.78. The second kappa shape index (κ2) is 10.1. The number of ether oxygens (including phenoxy) is 1. The Morgan fingerprint density at radius 3 is 2.27 bits per heavy atom. The SMILES string of the molecule is COc1ccc(CN[C@@H](C)C(=O)Nc2ccc(S(=O)(=O)N3CCCCC3)cc2)cc1. The van der Waals surface area contributed by atoms with Gasteiger partial charge in [0.1, 0.15) is 5.75 Å². The van der Waals surface area contributed by atoms with Gasteiger partial charge in [-0.2, -0.15) is 4.31 Å². The molecule has 162 valence electrons. The predicted molar refractivity (Wildman–Crippen MR) is 117 cm³/mol. The molecule has 3 rings (SSSR count). The van der Waals surface area contributed by atoms with Gasteiger partial charge in [-0.05, 0) is 61.7 Å². The van der Waals surface area contributed by atoms with Gasteiger partial charge in [0.25, 0.3) is 0 Å². The van der Waals surface area contributed by atoms with Crippen molar-refractivity contribution >= 4 is 21.6 Å². The Kier molecular flexibility index (Phi) is 7.47. The van der Waals surface area contributed by atoms with E-state index in [1.54, 1.807) is 38.3 Å². The van der Waals surface area contributed by atoms with Gasteiger partial charge in [-0.3, -0.25) is 4.79 Å². The molecule has 0 spiro atoms. The van der Waals surface area contributed by atoms with Crippen LogP contribution in [0.1, 0.15) is 31.7 Å². The van der Waals surface area contributed by atoms with Crippen LogP contribution in [0.2, 0.25) is 0 Å². The fraction of sp³-hybridized carbons (Fsp3) is 0.409. The van der Waals surface area contributed by atoms with Crippen LogP contribution < -0.4 is 15.4 Å². The average molecular weight is 432 g/mol. The fourth-order valence-corrected chi connectivity index (χ4v) is 4.84. The zero-order valence-corrected chi connectivity index (χ0v) is 18.2. The van der Waals surface area contributed by atoms with Crippen LogP contribution in [-0.4, -0.2) is 44.9 Å². The summed E-state index contributed by atoms with van der Waals surface area (Å²) in [5, 5.41) is 6.00. The number of benzene rings is 2. The molecule has 30 heavy (non-hydrogen) atoms. The number of nitrogens with zero attached hydrogens (tertiary/aromatic N) is 1. The van der Waals surface area contributed by atoms with E-state index in [4.69, 9.17) is 4.74 Å². The lowest BCUT2D eigenvalue weighted by molar-refractivity contribution is -0.117. The van der Waals surface area contributed by atoms with Gasteiger partial charge in [-0.1, -0.05) is 18.6 Å². The Morgan fingerprint density at radius 1 is 1.03 bits per heavy atom. The third kappa shape index (κ3) is 5.59. The zero-order chi connectivity index (χ0) is 21.6. The van der Waals surface area contributed by atoms with Crippen molar-refractivity contribution in [2.75, 3.05) is 25.5 Å². The maximum absolute atomic E-state index is 12.7. The van der Waals surface area contributed by atoms with E-state index in [2.05, 4.69) is 10.6 Å². The summed E-state index contributed by atoms with van der Waals surface area (Å²) in [6.07, 6.45) is 2.87. The monoisotopic (exact) mass is 431 g/mol. The highest BCUT2D eigenvalue weighted by molar-refractivity contribution is 7.89. The van der Waals surface area contributed by atoms with Crippen LogP contribution in [0.3, 0.4) is 0 Å². The number of nitrogens with one attached hydrogen (secondary N) is 2. The lowest BCUT2D eigenvalue weighted by Crippen LogP contribution is -2.37. The minimum atomic E-state index is -3.47. The van der Waals surface area contributed by atoms with Crippen LogP contribution >= 0.6 is 0 Å². The third-order valence-corrected chi connectivity index (χ3v) is 7.15. The molecule has 1 aliphatic rings. The van der Waals surface area contributed by atoms with Crippen molar-refractivity contribution in [2.45, 2.75) is 43.7 Å². The summed E-state index contributed by atoms with van der Waals surface area (Å²) in [5.41, 5.74) is 1.61. The summed E-state index contributed by atoms with van der Waals surface area (Å²) in [7, 11) is -1.85. The highest BCUT2D eigenvalue weighted by Crippen LogP contribution is 2.22. The van der Waals surface area contributed by atoms with Gasteiger partial charge in [0.15, 0.2) is 0 Å². The van der Waals surface area contributed by atoms with E-state index >= 15 is 0 Å². The Hall–Kier alpha value is -2.42. The molecule has 1 saturated heterocycles. The number of anilines is 1. The van der Waals surface area contributed by atoms with Gasteiger partial charge < -0.3 is 15.4 Å². The first-order valence-corrected chi connectivity index (χ1v) is 11.6. The molecule has 0 aromatic heterocycles. The molecule has 1 fully saturated rings. The third-order valence-electron chi connectivity index (χ3n) is 5.24. The summed E-state index contributed by atoms with van der Waals surface area (Å²) in [6, 6.07) is 13.6. The van der Waals surface area contributed by atoms with Crippen LogP contribution in [0.15, 0.2) is 53.4 Å². The normalized spacial score (nSPS) is 16.1. The minimum Gasteiger partial charge on any atom is -0.497 e. The van der Waals surface area contributed by atoms with Crippen LogP contribution in [0.4, 0.5) is 5.69 Å². The number of methoxy groups -OCH3 is 1. The van der Waals surface area contributed by atoms with Gasteiger partial charge in [-0.25, -0.2) is 8.42 Å². The van der Waals surface area contributed by atoms with Gasteiger partial charge in [-0.15, -0.1) is 0 Å². The lowest BCUT2D eigenvalue weighted by atomic mass is 10.2. The molecular formula is C22H29N3O4S. The molecule has 1 amide bonds. The van der Waals surface area contributed by atoms with E-state index in [0.29, 0.717) is 25.3 Å². The molecule has 1 aliphatic heterocycles. The van der Waals surface area contributed by atoms with E-state index in [0.717, 1.165) is 30.6 Å². The smallest absolute Gasteiger partial charge is 0.243 e. The molecule has 1 atom stereocenters. The van der Waals surface area contributed by atoms with Crippen LogP contribution in [0, 0.1) is 0 Å². The number of hydrogen-bond acceptors (Lipinski definition) is 5. The van der Waals surface area contributed by atoms with Crippen LogP contribution in [0.5, 0.6) is 5.75 Å². The Morgan fingerprint density at radius 2 is 1.67 bits per heavy atom. The van der Waals surface area contributed by atoms with E-state index in [-0.39, 0.29) is 10.8 Å². The molecule has 7 nitrogen and oxygen atoms in total. The number of rotatable bonds is 8. The second-order valence-corrected chi connectivity index (χ2v) is 9.37. The van der Waals surface area contributed by atoms with E-state index in [1.165, 1.54) is 4.31 Å². The predicted octanol–water partition coefficient (Wildman–Crippen LogP) is 2.99. The van der Waals surface area contributed by atoms with Gasteiger partial charge in [0.2, 0.25) is 15.9 Å². The summed E-state index contributed by atoms with van der Waals surface area (Å²) in [5.74, 6) is 0.602. The number of carbonyl (C=O) groups excluding carboxylic acids is 1. The zero-order valence-electron chi connectivity index (χ0n) is 17.4. The highest BCUT2D eigenvalue weighted by atomic mass is 32.2. The number of carbonyl (C=O) groups is 1. The first kappa shape index (κ1) is 22.3. The van der Waals surface area contributed by atoms with Crippen molar-refractivity contribution < 1.29 is 17.9 Å². The van der Waals surface area contributed by atoms with E-state index < -0.39 is 16.1 Å². The molecule has 8 heteroatoms. The summed E-state index contributed by atoms with van der Waals surface area (Å²) < 4.78 is 32.1. The number of sulfonamides is 1. The van der Waals surface area contributed by atoms with Gasteiger partial charge in [0, 0.05) is 25.3 Å². The molecule has 1 heterocycles. The van der Waals surface area contributed by atoms with E-state index in [9.17, 15) is 13.2 Å². The molecule has 0 bridgehead atoms. The van der Waals surface area contributed by atoms with Gasteiger partial charge >= 0.3 is 0 Å². The molecular weight excluding hydrogens is 402 g/mol. The highest BCUT2D eigenvalue weighted by Gasteiger charge is 2.25. The minimum absolute atomic E-state index is 0.185. The van der Waals surface area contributed by atoms with Crippen molar-refractivity contribution in [1.82, 2.24) is 9.62 Å². The molecule has 0 aliphatic carbocycles. The van der Waals surface area contributed by atoms with Crippen molar-refractivity contribution in [3.8, 4) is 5.75 Å². The van der Waals surface area contributed by atoms with Crippen molar-refractivity contribution in [2.24, 2.45) is 0 Å². The fourth-order valence-electron chi connectivity index (χ4n) is 3.32. The molecule has 2 aromatic rings. The number of hydrogen-bond donors (Lipinski definition) is 2. The Labute approximate surface area is 178 Å². The Bertz CT molecular complexity index is 937. The molecule has 0 radical (unpaired) electrons. The van der Waals surface area contributed by atoms with E-state index in [1.807, 2.05) is 24.3 Å².